The number of nitrogens with zero attached hydrogens (tertiary/aromatic N) is 1. The number of aliphatic hydroxyl groups is 1. The first-order valence-corrected chi connectivity index (χ1v) is 4.68. The van der Waals surface area contributed by atoms with E-state index in [4.69, 9.17) is 14.9 Å². The number of hydrogen-bond donors (Lipinski definition) is 3. The zero-order valence-electron chi connectivity index (χ0n) is 9.12. The molecule has 0 saturated heterocycles. The summed E-state index contributed by atoms with van der Waals surface area (Å²) in [6, 6.07) is 4.55. The number of allylic oxidation sites excluding steroid dienone is 1. The topological polar surface area (TPSA) is 91.1 Å². The molecule has 0 atom stereocenters. The van der Waals surface area contributed by atoms with Crippen molar-refractivity contribution in [2.24, 2.45) is 5.10 Å². The van der Waals surface area contributed by atoms with Gasteiger partial charge in [-0.1, -0.05) is 0 Å². The van der Waals surface area contributed by atoms with Gasteiger partial charge in [0.1, 0.15) is 5.75 Å². The van der Waals surface area contributed by atoms with E-state index >= 15 is 0 Å². The molecule has 0 unspecified atom stereocenters. The molecule has 0 aliphatic rings. The molecule has 0 aliphatic carbocycles. The second-order valence-corrected chi connectivity index (χ2v) is 2.95. The number of hydrazone groups is 1. The molecule has 3 N–H and O–H groups in total. The number of benzene rings is 1. The summed E-state index contributed by atoms with van der Waals surface area (Å²) in [6.07, 6.45) is 3.39. The Morgan fingerprint density at radius 2 is 2.29 bits per heavy atom. The van der Waals surface area contributed by atoms with Crippen LogP contribution in [0.4, 0.5) is 5.69 Å². The van der Waals surface area contributed by atoms with Gasteiger partial charge in [0, 0.05) is 0 Å². The number of hydrogen-bond acceptors (Lipinski definition) is 5. The Hall–Kier alpha value is -2.50. The number of nitrogens with one attached hydrogen (secondary N) is 1. The zero-order valence-corrected chi connectivity index (χ0v) is 9.12. The molecule has 0 heterocycles. The molecule has 0 saturated carbocycles. The van der Waals surface area contributed by atoms with Crippen molar-refractivity contribution in [3.8, 4) is 5.75 Å². The van der Waals surface area contributed by atoms with Crippen molar-refractivity contribution in [3.05, 3.63) is 36.1 Å². The third-order valence-corrected chi connectivity index (χ3v) is 1.89. The number of methoxy groups -OCH3 is 1. The maximum atomic E-state index is 11.0. The van der Waals surface area contributed by atoms with Crippen molar-refractivity contribution < 1.29 is 19.7 Å². The van der Waals surface area contributed by atoms with Crippen LogP contribution < -0.4 is 10.2 Å². The summed E-state index contributed by atoms with van der Waals surface area (Å²) in [5.74, 6) is -0.633. The van der Waals surface area contributed by atoms with Crippen molar-refractivity contribution in [1.29, 1.82) is 0 Å². The van der Waals surface area contributed by atoms with Gasteiger partial charge in [0.05, 0.1) is 30.8 Å². The fourth-order valence-corrected chi connectivity index (χ4v) is 1.11. The van der Waals surface area contributed by atoms with E-state index in [-0.39, 0.29) is 5.56 Å². The molecule has 1 aromatic rings. The first kappa shape index (κ1) is 12.6. The molecule has 6 nitrogen and oxygen atoms in total. The highest BCUT2D eigenvalue weighted by Crippen LogP contribution is 2.21. The molecule has 0 aromatic heterocycles. The van der Waals surface area contributed by atoms with E-state index < -0.39 is 5.97 Å². The van der Waals surface area contributed by atoms with Crippen molar-refractivity contribution in [1.82, 2.24) is 0 Å². The Morgan fingerprint density at radius 3 is 2.88 bits per heavy atom. The van der Waals surface area contributed by atoms with Gasteiger partial charge in [-0.2, -0.15) is 5.10 Å². The van der Waals surface area contributed by atoms with Gasteiger partial charge >= 0.3 is 5.97 Å². The van der Waals surface area contributed by atoms with Crippen LogP contribution >= 0.6 is 0 Å². The van der Waals surface area contributed by atoms with E-state index in [1.165, 1.54) is 25.5 Å². The van der Waals surface area contributed by atoms with Crippen molar-refractivity contribution >= 4 is 17.9 Å². The Morgan fingerprint density at radius 1 is 1.53 bits per heavy atom. The molecule has 0 spiro atoms. The number of carbonyl (C=O) groups is 1. The normalized spacial score (nSPS) is 10.9. The van der Waals surface area contributed by atoms with Crippen molar-refractivity contribution in [2.75, 3.05) is 12.5 Å². The molecular formula is C11H12N2O4. The van der Waals surface area contributed by atoms with Crippen molar-refractivity contribution in [2.45, 2.75) is 0 Å². The number of ether oxygens (including phenoxy) is 1. The molecule has 0 radical (unpaired) electrons. The molecule has 0 aliphatic heterocycles. The standard InChI is InChI=1S/C11H12N2O4/c1-17-8-3-4-10(9(7-8)11(15)16)13-12-5-2-6-14/h2-7,13-14H,1H3,(H,15,16)/b6-2-,12-5+. The Labute approximate surface area is 97.8 Å². The van der Waals surface area contributed by atoms with Crippen LogP contribution in [-0.2, 0) is 0 Å². The average Bonchev–Trinajstić information content (AvgIpc) is 2.34. The maximum absolute atomic E-state index is 11.0. The minimum Gasteiger partial charge on any atom is -0.516 e. The van der Waals surface area contributed by atoms with Gasteiger partial charge < -0.3 is 14.9 Å². The van der Waals surface area contributed by atoms with Gasteiger partial charge in [0.15, 0.2) is 0 Å². The summed E-state index contributed by atoms with van der Waals surface area (Å²) in [5, 5.41) is 21.1. The van der Waals surface area contributed by atoms with E-state index in [0.29, 0.717) is 11.4 Å². The van der Waals surface area contributed by atoms with Crippen LogP contribution in [0.2, 0.25) is 0 Å². The quantitative estimate of drug-likeness (QED) is 0.412. The fraction of sp³-hybridized carbons (Fsp3) is 0.0909. The number of aromatic carboxylic acids is 1. The van der Waals surface area contributed by atoms with E-state index in [2.05, 4.69) is 10.5 Å². The van der Waals surface area contributed by atoms with E-state index in [1.807, 2.05) is 0 Å². The first-order valence-electron chi connectivity index (χ1n) is 4.68. The summed E-state index contributed by atoms with van der Waals surface area (Å²) >= 11 is 0. The molecule has 0 bridgehead atoms. The van der Waals surface area contributed by atoms with Gasteiger partial charge in [0.25, 0.3) is 0 Å². The predicted molar refractivity (Wildman–Crippen MR) is 63.8 cm³/mol. The Kier molecular flexibility index (Phi) is 4.56. The minimum atomic E-state index is -1.08. The van der Waals surface area contributed by atoms with Crippen LogP contribution in [0.5, 0.6) is 5.75 Å². The highest BCUT2D eigenvalue weighted by molar-refractivity contribution is 5.94. The van der Waals surface area contributed by atoms with Crippen LogP contribution in [0.15, 0.2) is 35.6 Å². The smallest absolute Gasteiger partial charge is 0.338 e. The van der Waals surface area contributed by atoms with Gasteiger partial charge in [-0.25, -0.2) is 4.79 Å². The third-order valence-electron chi connectivity index (χ3n) is 1.89. The summed E-state index contributed by atoms with van der Waals surface area (Å²) in [6.45, 7) is 0. The van der Waals surface area contributed by atoms with Crippen LogP contribution in [0.1, 0.15) is 10.4 Å². The second kappa shape index (κ2) is 6.16. The highest BCUT2D eigenvalue weighted by atomic mass is 16.5. The summed E-state index contributed by atoms with van der Waals surface area (Å²) < 4.78 is 4.93. The lowest BCUT2D eigenvalue weighted by molar-refractivity contribution is 0.0697. The Balaban J connectivity index is 2.94. The van der Waals surface area contributed by atoms with E-state index in [1.54, 1.807) is 12.1 Å². The molecule has 1 aromatic carbocycles. The molecule has 90 valence electrons. The summed E-state index contributed by atoms with van der Waals surface area (Å²) in [4.78, 5) is 11.0. The molecule has 0 amide bonds. The summed E-state index contributed by atoms with van der Waals surface area (Å²) in [5.41, 5.74) is 2.94. The lowest BCUT2D eigenvalue weighted by Crippen LogP contribution is -2.02. The number of carboxylic acids is 1. The molecule has 17 heavy (non-hydrogen) atoms. The fourth-order valence-electron chi connectivity index (χ4n) is 1.11. The van der Waals surface area contributed by atoms with Gasteiger partial charge in [0.2, 0.25) is 0 Å². The van der Waals surface area contributed by atoms with E-state index in [0.717, 1.165) is 6.26 Å². The molecule has 6 heteroatoms. The van der Waals surface area contributed by atoms with Gasteiger partial charge in [-0.3, -0.25) is 5.43 Å². The molecule has 1 rings (SSSR count). The highest BCUT2D eigenvalue weighted by Gasteiger charge is 2.10. The van der Waals surface area contributed by atoms with E-state index in [9.17, 15) is 4.79 Å². The lowest BCUT2D eigenvalue weighted by atomic mass is 10.2. The zero-order chi connectivity index (χ0) is 12.7. The number of rotatable bonds is 5. The van der Waals surface area contributed by atoms with Gasteiger partial charge in [-0.05, 0) is 24.3 Å². The predicted octanol–water partition coefficient (Wildman–Crippen LogP) is 1.86. The van der Waals surface area contributed by atoms with Crippen LogP contribution in [0.3, 0.4) is 0 Å². The van der Waals surface area contributed by atoms with Crippen molar-refractivity contribution in [3.63, 3.8) is 0 Å². The Bertz CT molecular complexity index is 455. The first-order chi connectivity index (χ1) is 8.19. The number of anilines is 1. The SMILES string of the molecule is COc1ccc(N/N=C/C=C\O)c(C(=O)O)c1. The van der Waals surface area contributed by atoms with Crippen LogP contribution in [0.25, 0.3) is 0 Å². The number of aliphatic hydroxyl groups excluding tert-OH is 1. The number of carboxylic acid groups (broad SMARTS) is 1. The van der Waals surface area contributed by atoms with Gasteiger partial charge in [-0.15, -0.1) is 0 Å². The molecule has 0 fully saturated rings. The third kappa shape index (κ3) is 3.53. The van der Waals surface area contributed by atoms with Crippen LogP contribution in [-0.4, -0.2) is 29.5 Å². The molecular weight excluding hydrogens is 224 g/mol. The minimum absolute atomic E-state index is 0.0504. The largest absolute Gasteiger partial charge is 0.516 e. The monoisotopic (exact) mass is 236 g/mol. The van der Waals surface area contributed by atoms with Crippen LogP contribution in [0, 0.1) is 0 Å². The average molecular weight is 236 g/mol. The summed E-state index contributed by atoms with van der Waals surface area (Å²) in [7, 11) is 1.46. The second-order valence-electron chi connectivity index (χ2n) is 2.95. The lowest BCUT2D eigenvalue weighted by Gasteiger charge is -2.07. The maximum Gasteiger partial charge on any atom is 0.338 e.